The lowest BCUT2D eigenvalue weighted by Crippen LogP contribution is -2.45. The molecule has 1 N–H and O–H groups in total. The van der Waals surface area contributed by atoms with Gasteiger partial charge in [-0.25, -0.2) is 0 Å². The molecule has 6 nitrogen and oxygen atoms in total. The number of benzene rings is 3. The third kappa shape index (κ3) is 4.75. The van der Waals surface area contributed by atoms with Crippen LogP contribution in [0.4, 0.5) is 0 Å². The van der Waals surface area contributed by atoms with E-state index in [9.17, 15) is 0 Å². The Labute approximate surface area is 216 Å². The van der Waals surface area contributed by atoms with Crippen molar-refractivity contribution in [3.8, 4) is 17.1 Å². The monoisotopic (exact) mass is 496 g/mol. The molecule has 3 aromatic carbocycles. The van der Waals surface area contributed by atoms with Crippen LogP contribution in [0.25, 0.3) is 17.0 Å². The summed E-state index contributed by atoms with van der Waals surface area (Å²) in [6, 6.07) is 24.3. The largest absolute Gasteiger partial charge is 0.497 e. The van der Waals surface area contributed by atoms with Crippen molar-refractivity contribution in [3.05, 3.63) is 107 Å². The molecule has 1 aliphatic heterocycles. The average Bonchev–Trinajstić information content (AvgIpc) is 3.36. The second-order valence-corrected chi connectivity index (χ2v) is 9.41. The predicted molar refractivity (Wildman–Crippen MR) is 145 cm³/mol. The fraction of sp³-hybridized carbons (Fsp3) is 0.207. The number of ether oxygens (including phenoxy) is 1. The highest BCUT2D eigenvalue weighted by atomic mass is 32.1. The number of thiocarbonyl (C=S) groups is 1. The van der Waals surface area contributed by atoms with E-state index in [0.717, 1.165) is 28.1 Å². The Morgan fingerprint density at radius 3 is 2.50 bits per heavy atom. The molecule has 2 heterocycles. The molecule has 1 unspecified atom stereocenters. The summed E-state index contributed by atoms with van der Waals surface area (Å²) >= 11 is 5.85. The molecule has 0 saturated heterocycles. The molecule has 1 aromatic heterocycles. The van der Waals surface area contributed by atoms with Crippen molar-refractivity contribution >= 4 is 22.9 Å². The topological polar surface area (TPSA) is 63.4 Å². The second kappa shape index (κ2) is 9.95. The van der Waals surface area contributed by atoms with Crippen LogP contribution in [0.1, 0.15) is 41.1 Å². The van der Waals surface area contributed by atoms with E-state index in [-0.39, 0.29) is 6.04 Å². The Balaban J connectivity index is 1.59. The molecule has 7 heteroatoms. The molecule has 0 amide bonds. The lowest BCUT2D eigenvalue weighted by atomic mass is 9.94. The van der Waals surface area contributed by atoms with E-state index in [1.54, 1.807) is 7.11 Å². The zero-order valence-electron chi connectivity index (χ0n) is 20.8. The van der Waals surface area contributed by atoms with E-state index in [2.05, 4.69) is 84.7 Å². The highest BCUT2D eigenvalue weighted by Crippen LogP contribution is 2.38. The van der Waals surface area contributed by atoms with E-state index >= 15 is 0 Å². The molecule has 0 spiro atoms. The number of methoxy groups -OCH3 is 1. The van der Waals surface area contributed by atoms with Gasteiger partial charge >= 0.3 is 0 Å². The van der Waals surface area contributed by atoms with Gasteiger partial charge < -0.3 is 19.5 Å². The van der Waals surface area contributed by atoms with Crippen molar-refractivity contribution in [2.24, 2.45) is 0 Å². The number of aryl methyl sites for hydroxylation is 2. The second-order valence-electron chi connectivity index (χ2n) is 9.02. The van der Waals surface area contributed by atoms with Gasteiger partial charge in [-0.1, -0.05) is 76.9 Å². The van der Waals surface area contributed by atoms with E-state index in [1.165, 1.54) is 16.7 Å². The number of hydrogen-bond acceptors (Lipinski definition) is 5. The van der Waals surface area contributed by atoms with Crippen LogP contribution in [0, 0.1) is 13.8 Å². The van der Waals surface area contributed by atoms with Gasteiger partial charge in [0.2, 0.25) is 5.82 Å². The van der Waals surface area contributed by atoms with Crippen LogP contribution >= 0.6 is 12.2 Å². The van der Waals surface area contributed by atoms with E-state index in [4.69, 9.17) is 26.5 Å². The third-order valence-corrected chi connectivity index (χ3v) is 6.75. The highest BCUT2D eigenvalue weighted by Gasteiger charge is 2.34. The fourth-order valence-corrected chi connectivity index (χ4v) is 4.78. The van der Waals surface area contributed by atoms with Gasteiger partial charge in [0, 0.05) is 17.8 Å². The van der Waals surface area contributed by atoms with Crippen molar-refractivity contribution in [1.82, 2.24) is 20.4 Å². The van der Waals surface area contributed by atoms with Gasteiger partial charge in [0.15, 0.2) is 5.11 Å². The Hall–Kier alpha value is -3.97. The van der Waals surface area contributed by atoms with Crippen molar-refractivity contribution < 1.29 is 9.26 Å². The summed E-state index contributed by atoms with van der Waals surface area (Å²) in [6.07, 6.45) is 0. The SMILES string of the molecule is COc1cccc(-c2noc(C3=C(C)N(Cc4cccc(C)c4)C(=S)NC3c3ccc(C)cc3)n2)c1. The van der Waals surface area contributed by atoms with Crippen LogP contribution in [-0.2, 0) is 6.54 Å². The predicted octanol–water partition coefficient (Wildman–Crippen LogP) is 6.22. The molecule has 5 rings (SSSR count). The highest BCUT2D eigenvalue weighted by molar-refractivity contribution is 7.80. The molecule has 0 radical (unpaired) electrons. The first kappa shape index (κ1) is 23.8. The summed E-state index contributed by atoms with van der Waals surface area (Å²) in [7, 11) is 1.64. The van der Waals surface area contributed by atoms with Gasteiger partial charge in [0.1, 0.15) is 5.75 Å². The van der Waals surface area contributed by atoms with Gasteiger partial charge in [-0.05, 0) is 56.2 Å². The third-order valence-electron chi connectivity index (χ3n) is 6.41. The van der Waals surface area contributed by atoms with Crippen molar-refractivity contribution in [3.63, 3.8) is 0 Å². The molecule has 0 bridgehead atoms. The molecular weight excluding hydrogens is 468 g/mol. The smallest absolute Gasteiger partial charge is 0.258 e. The minimum atomic E-state index is -0.217. The number of nitrogens with zero attached hydrogens (tertiary/aromatic N) is 3. The number of allylic oxidation sites excluding steroid dienone is 1. The summed E-state index contributed by atoms with van der Waals surface area (Å²) in [6.45, 7) is 6.87. The van der Waals surface area contributed by atoms with Crippen LogP contribution in [0.5, 0.6) is 5.75 Å². The number of rotatable bonds is 6. The molecule has 0 fully saturated rings. The summed E-state index contributed by atoms with van der Waals surface area (Å²) < 4.78 is 11.2. The van der Waals surface area contributed by atoms with Crippen LogP contribution in [0.3, 0.4) is 0 Å². The summed E-state index contributed by atoms with van der Waals surface area (Å²) in [4.78, 5) is 6.90. The molecule has 0 aliphatic carbocycles. The first-order valence-corrected chi connectivity index (χ1v) is 12.2. The standard InChI is InChI=1S/C29H28N4O2S/c1-18-11-13-22(14-12-18)26-25(28-31-27(32-35-28)23-9-6-10-24(16-23)34-4)20(3)33(29(36)30-26)17-21-8-5-7-19(2)15-21/h5-16,26H,17H2,1-4H3,(H,30,36). The van der Waals surface area contributed by atoms with Gasteiger partial charge in [-0.2, -0.15) is 4.98 Å². The van der Waals surface area contributed by atoms with Crippen LogP contribution in [-0.4, -0.2) is 27.3 Å². The van der Waals surface area contributed by atoms with Crippen molar-refractivity contribution in [1.29, 1.82) is 0 Å². The molecule has 4 aromatic rings. The molecule has 1 atom stereocenters. The van der Waals surface area contributed by atoms with Crippen molar-refractivity contribution in [2.45, 2.75) is 33.4 Å². The Morgan fingerprint density at radius 1 is 0.972 bits per heavy atom. The first-order valence-electron chi connectivity index (χ1n) is 11.8. The first-order chi connectivity index (χ1) is 17.4. The summed E-state index contributed by atoms with van der Waals surface area (Å²) in [5.74, 6) is 1.70. The van der Waals surface area contributed by atoms with Crippen LogP contribution < -0.4 is 10.1 Å². The minimum absolute atomic E-state index is 0.217. The van der Waals surface area contributed by atoms with Crippen LogP contribution in [0.2, 0.25) is 0 Å². The molecule has 0 saturated carbocycles. The quantitative estimate of drug-likeness (QED) is 0.318. The van der Waals surface area contributed by atoms with Gasteiger partial charge in [0.25, 0.3) is 5.89 Å². The normalized spacial score (nSPS) is 15.7. The molecule has 182 valence electrons. The maximum Gasteiger partial charge on any atom is 0.258 e. The van der Waals surface area contributed by atoms with Gasteiger partial charge in [-0.15, -0.1) is 0 Å². The molecular formula is C29H28N4O2S. The maximum absolute atomic E-state index is 5.86. The average molecular weight is 497 g/mol. The van der Waals surface area contributed by atoms with Crippen molar-refractivity contribution in [2.75, 3.05) is 7.11 Å². The Bertz CT molecular complexity index is 1440. The number of nitrogens with one attached hydrogen (secondary N) is 1. The van der Waals surface area contributed by atoms with Gasteiger partial charge in [-0.3, -0.25) is 0 Å². The lowest BCUT2D eigenvalue weighted by molar-refractivity contribution is 0.396. The van der Waals surface area contributed by atoms with Crippen LogP contribution in [0.15, 0.2) is 83.0 Å². The summed E-state index contributed by atoms with van der Waals surface area (Å²) in [5, 5.41) is 8.50. The number of aromatic nitrogens is 2. The fourth-order valence-electron chi connectivity index (χ4n) is 4.46. The lowest BCUT2D eigenvalue weighted by Gasteiger charge is -2.37. The van der Waals surface area contributed by atoms with E-state index in [1.807, 2.05) is 24.3 Å². The maximum atomic E-state index is 5.86. The Kier molecular flexibility index (Phi) is 6.57. The van der Waals surface area contributed by atoms with Gasteiger partial charge in [0.05, 0.1) is 18.7 Å². The number of hydrogen-bond donors (Lipinski definition) is 1. The zero-order valence-corrected chi connectivity index (χ0v) is 21.6. The minimum Gasteiger partial charge on any atom is -0.497 e. The van der Waals surface area contributed by atoms with E-state index in [0.29, 0.717) is 23.4 Å². The zero-order chi connectivity index (χ0) is 25.2. The van der Waals surface area contributed by atoms with E-state index < -0.39 is 0 Å². The Morgan fingerprint density at radius 2 is 1.75 bits per heavy atom. The molecule has 36 heavy (non-hydrogen) atoms. The molecule has 1 aliphatic rings. The summed E-state index contributed by atoms with van der Waals surface area (Å²) in [5.41, 5.74) is 7.36.